The van der Waals surface area contributed by atoms with Crippen molar-refractivity contribution in [2.24, 2.45) is 0 Å². The molecule has 78 valence electrons. The molecule has 1 aromatic heterocycles. The molecular formula is C10H9F2N3. The molecule has 0 amide bonds. The zero-order valence-electron chi connectivity index (χ0n) is 8.06. The van der Waals surface area contributed by atoms with E-state index in [1.807, 2.05) is 19.1 Å². The van der Waals surface area contributed by atoms with Crippen LogP contribution in [0.5, 0.6) is 0 Å². The summed E-state index contributed by atoms with van der Waals surface area (Å²) in [4.78, 5) is 0. The predicted molar refractivity (Wildman–Crippen MR) is 51.1 cm³/mol. The second-order valence-corrected chi connectivity index (χ2v) is 3.22. The van der Waals surface area contributed by atoms with Gasteiger partial charge in [-0.15, -0.1) is 5.10 Å². The summed E-state index contributed by atoms with van der Waals surface area (Å²) < 4.78 is 25.8. The van der Waals surface area contributed by atoms with Gasteiger partial charge in [-0.1, -0.05) is 22.9 Å². The van der Waals surface area contributed by atoms with Crippen LogP contribution < -0.4 is 0 Å². The van der Waals surface area contributed by atoms with Crippen LogP contribution in [0.3, 0.4) is 0 Å². The summed E-state index contributed by atoms with van der Waals surface area (Å²) in [6, 6.07) is 7.39. The highest BCUT2D eigenvalue weighted by atomic mass is 19.3. The van der Waals surface area contributed by atoms with Crippen LogP contribution in [0.25, 0.3) is 5.69 Å². The van der Waals surface area contributed by atoms with E-state index in [1.54, 1.807) is 12.1 Å². The molecule has 1 aromatic carbocycles. The minimum atomic E-state index is -2.58. The Labute approximate surface area is 85.3 Å². The van der Waals surface area contributed by atoms with Gasteiger partial charge in [0.15, 0.2) is 0 Å². The second-order valence-electron chi connectivity index (χ2n) is 3.22. The molecule has 0 saturated heterocycles. The van der Waals surface area contributed by atoms with Crippen LogP contribution in [0, 0.1) is 6.92 Å². The lowest BCUT2D eigenvalue weighted by Gasteiger charge is -1.99. The number of aryl methyl sites for hydroxylation is 1. The fourth-order valence-electron chi connectivity index (χ4n) is 1.20. The van der Waals surface area contributed by atoms with Crippen LogP contribution in [-0.4, -0.2) is 15.0 Å². The third-order valence-electron chi connectivity index (χ3n) is 2.03. The maximum Gasteiger partial charge on any atom is 0.283 e. The van der Waals surface area contributed by atoms with Crippen LogP contribution in [0.15, 0.2) is 30.5 Å². The molecule has 0 N–H and O–H groups in total. The third kappa shape index (κ3) is 2.01. The third-order valence-corrected chi connectivity index (χ3v) is 2.03. The van der Waals surface area contributed by atoms with Crippen molar-refractivity contribution < 1.29 is 8.78 Å². The van der Waals surface area contributed by atoms with Gasteiger partial charge < -0.3 is 0 Å². The number of nitrogens with zero attached hydrogens (tertiary/aromatic N) is 3. The largest absolute Gasteiger partial charge is 0.283 e. The Morgan fingerprint density at radius 1 is 1.20 bits per heavy atom. The Bertz CT molecular complexity index is 448. The highest BCUT2D eigenvalue weighted by molar-refractivity contribution is 5.33. The van der Waals surface area contributed by atoms with Gasteiger partial charge in [0.05, 0.1) is 11.9 Å². The number of rotatable bonds is 2. The molecule has 15 heavy (non-hydrogen) atoms. The standard InChI is InChI=1S/C10H9F2N3/c1-7-2-4-8(5-3-7)15-6-9(10(11)12)13-14-15/h2-6,10H,1H3. The molecule has 0 unspecified atom stereocenters. The number of aromatic nitrogens is 3. The number of hydrogen-bond acceptors (Lipinski definition) is 2. The molecule has 0 bridgehead atoms. The first-order valence-corrected chi connectivity index (χ1v) is 4.44. The van der Waals surface area contributed by atoms with Gasteiger partial charge in [0.25, 0.3) is 6.43 Å². The van der Waals surface area contributed by atoms with Crippen LogP contribution in [-0.2, 0) is 0 Å². The van der Waals surface area contributed by atoms with E-state index in [0.29, 0.717) is 0 Å². The number of benzene rings is 1. The molecule has 0 aliphatic rings. The van der Waals surface area contributed by atoms with Gasteiger partial charge in [0, 0.05) is 0 Å². The molecule has 0 aliphatic carbocycles. The van der Waals surface area contributed by atoms with E-state index in [9.17, 15) is 8.78 Å². The predicted octanol–water partition coefficient (Wildman–Crippen LogP) is 2.51. The van der Waals surface area contributed by atoms with Crippen molar-refractivity contribution in [3.63, 3.8) is 0 Å². The van der Waals surface area contributed by atoms with Gasteiger partial charge >= 0.3 is 0 Å². The molecule has 0 fully saturated rings. The van der Waals surface area contributed by atoms with E-state index in [1.165, 1.54) is 10.9 Å². The first-order chi connectivity index (χ1) is 7.16. The van der Waals surface area contributed by atoms with Gasteiger partial charge in [0.1, 0.15) is 5.69 Å². The summed E-state index contributed by atoms with van der Waals surface area (Å²) in [7, 11) is 0. The molecule has 3 nitrogen and oxygen atoms in total. The molecule has 2 rings (SSSR count). The van der Waals surface area contributed by atoms with Crippen molar-refractivity contribution in [3.05, 3.63) is 41.7 Å². The Morgan fingerprint density at radius 3 is 2.40 bits per heavy atom. The van der Waals surface area contributed by atoms with Crippen molar-refractivity contribution in [1.29, 1.82) is 0 Å². The molecule has 0 atom stereocenters. The molecule has 5 heteroatoms. The van der Waals surface area contributed by atoms with E-state index in [2.05, 4.69) is 10.3 Å². The lowest BCUT2D eigenvalue weighted by Crippen LogP contribution is -1.94. The van der Waals surface area contributed by atoms with Crippen molar-refractivity contribution in [1.82, 2.24) is 15.0 Å². The number of alkyl halides is 2. The highest BCUT2D eigenvalue weighted by Crippen LogP contribution is 2.16. The van der Waals surface area contributed by atoms with E-state index < -0.39 is 6.43 Å². The van der Waals surface area contributed by atoms with Crippen LogP contribution in [0.1, 0.15) is 17.7 Å². The topological polar surface area (TPSA) is 30.7 Å². The average molecular weight is 209 g/mol. The quantitative estimate of drug-likeness (QED) is 0.760. The maximum absolute atomic E-state index is 12.2. The number of hydrogen-bond donors (Lipinski definition) is 0. The molecule has 0 saturated carbocycles. The van der Waals surface area contributed by atoms with Crippen LogP contribution >= 0.6 is 0 Å². The Hall–Kier alpha value is -1.78. The lowest BCUT2D eigenvalue weighted by molar-refractivity contribution is 0.146. The lowest BCUT2D eigenvalue weighted by atomic mass is 10.2. The zero-order chi connectivity index (χ0) is 10.8. The smallest absolute Gasteiger partial charge is 0.220 e. The van der Waals surface area contributed by atoms with Crippen molar-refractivity contribution in [2.75, 3.05) is 0 Å². The Balaban J connectivity index is 2.33. The van der Waals surface area contributed by atoms with Gasteiger partial charge in [-0.2, -0.15) is 0 Å². The monoisotopic (exact) mass is 209 g/mol. The summed E-state index contributed by atoms with van der Waals surface area (Å²) in [6.45, 7) is 1.95. The summed E-state index contributed by atoms with van der Waals surface area (Å²) in [5, 5.41) is 7.00. The number of halogens is 2. The molecule has 0 spiro atoms. The zero-order valence-corrected chi connectivity index (χ0v) is 8.06. The van der Waals surface area contributed by atoms with Gasteiger partial charge in [-0.25, -0.2) is 13.5 Å². The molecular weight excluding hydrogens is 200 g/mol. The van der Waals surface area contributed by atoms with E-state index >= 15 is 0 Å². The van der Waals surface area contributed by atoms with Gasteiger partial charge in [-0.05, 0) is 19.1 Å². The molecule has 2 aromatic rings. The summed E-state index contributed by atoms with van der Waals surface area (Å²) >= 11 is 0. The normalized spacial score (nSPS) is 10.9. The van der Waals surface area contributed by atoms with E-state index in [0.717, 1.165) is 11.3 Å². The van der Waals surface area contributed by atoms with Gasteiger partial charge in [-0.3, -0.25) is 0 Å². The average Bonchev–Trinajstić information content (AvgIpc) is 2.68. The maximum atomic E-state index is 12.2. The Kier molecular flexibility index (Phi) is 2.45. The Morgan fingerprint density at radius 2 is 1.87 bits per heavy atom. The highest BCUT2D eigenvalue weighted by Gasteiger charge is 2.12. The minimum absolute atomic E-state index is 0.310. The fourth-order valence-corrected chi connectivity index (χ4v) is 1.20. The van der Waals surface area contributed by atoms with Crippen molar-refractivity contribution in [2.45, 2.75) is 13.3 Å². The van der Waals surface area contributed by atoms with Gasteiger partial charge in [0.2, 0.25) is 0 Å². The van der Waals surface area contributed by atoms with E-state index in [4.69, 9.17) is 0 Å². The summed E-state index contributed by atoms with van der Waals surface area (Å²) in [6.07, 6.45) is -1.35. The van der Waals surface area contributed by atoms with E-state index in [-0.39, 0.29) is 5.69 Å². The first kappa shape index (κ1) is 9.76. The summed E-state index contributed by atoms with van der Waals surface area (Å²) in [5.74, 6) is 0. The van der Waals surface area contributed by atoms with Crippen molar-refractivity contribution >= 4 is 0 Å². The van der Waals surface area contributed by atoms with Crippen molar-refractivity contribution in [3.8, 4) is 5.69 Å². The minimum Gasteiger partial charge on any atom is -0.220 e. The molecule has 1 heterocycles. The molecule has 0 aliphatic heterocycles. The molecule has 0 radical (unpaired) electrons. The van der Waals surface area contributed by atoms with Crippen LogP contribution in [0.4, 0.5) is 8.78 Å². The SMILES string of the molecule is Cc1ccc(-n2cc(C(F)F)nn2)cc1. The van der Waals surface area contributed by atoms with Crippen LogP contribution in [0.2, 0.25) is 0 Å². The first-order valence-electron chi connectivity index (χ1n) is 4.44. The second kappa shape index (κ2) is 3.76. The fraction of sp³-hybridized carbons (Fsp3) is 0.200. The summed E-state index contributed by atoms with van der Waals surface area (Å²) in [5.41, 5.74) is 1.52.